The molecule has 0 unspecified atom stereocenters. The van der Waals surface area contributed by atoms with E-state index in [4.69, 9.17) is 11.6 Å². The highest BCUT2D eigenvalue weighted by atomic mass is 35.5. The van der Waals surface area contributed by atoms with E-state index in [9.17, 15) is 14.4 Å². The number of hydrogen-bond acceptors (Lipinski definition) is 3. The number of benzene rings is 2. The number of carbonyl (C=O) groups is 1. The zero-order valence-electron chi connectivity index (χ0n) is 14.5. The third-order valence-corrected chi connectivity index (χ3v) is 4.61. The van der Waals surface area contributed by atoms with Gasteiger partial charge in [-0.3, -0.25) is 9.59 Å². The van der Waals surface area contributed by atoms with Crippen molar-refractivity contribution in [3.8, 4) is 5.69 Å². The van der Waals surface area contributed by atoms with Crippen LogP contribution < -0.4 is 11.2 Å². The number of H-pyrrole nitrogens is 1. The molecule has 3 rings (SSSR count). The van der Waals surface area contributed by atoms with Gasteiger partial charge in [-0.2, -0.15) is 0 Å². The minimum Gasteiger partial charge on any atom is -0.339 e. The number of halogens is 1. The molecule has 6 nitrogen and oxygen atoms in total. The van der Waals surface area contributed by atoms with Crippen molar-refractivity contribution in [1.29, 1.82) is 0 Å². The smallest absolute Gasteiger partial charge is 0.333 e. The zero-order valence-corrected chi connectivity index (χ0v) is 15.2. The van der Waals surface area contributed by atoms with Gasteiger partial charge in [-0.25, -0.2) is 9.36 Å². The second-order valence-electron chi connectivity index (χ2n) is 5.76. The molecule has 0 aliphatic rings. The molecule has 1 N–H and O–H groups in total. The number of carbonyl (C=O) groups excluding carboxylic acids is 1. The minimum atomic E-state index is -0.608. The largest absolute Gasteiger partial charge is 0.339 e. The Labute approximate surface area is 154 Å². The maximum absolute atomic E-state index is 12.8. The van der Waals surface area contributed by atoms with Crippen molar-refractivity contribution in [2.45, 2.75) is 13.8 Å². The zero-order chi connectivity index (χ0) is 18.8. The van der Waals surface area contributed by atoms with E-state index >= 15 is 0 Å². The van der Waals surface area contributed by atoms with Gasteiger partial charge in [-0.15, -0.1) is 0 Å². The lowest BCUT2D eigenvalue weighted by Gasteiger charge is -2.19. The second kappa shape index (κ2) is 7.17. The van der Waals surface area contributed by atoms with E-state index in [1.165, 1.54) is 12.1 Å². The molecule has 26 heavy (non-hydrogen) atoms. The van der Waals surface area contributed by atoms with Crippen LogP contribution in [0.1, 0.15) is 24.2 Å². The average molecular weight is 372 g/mol. The Morgan fingerprint density at radius 2 is 1.81 bits per heavy atom. The van der Waals surface area contributed by atoms with Crippen molar-refractivity contribution in [3.05, 3.63) is 73.9 Å². The van der Waals surface area contributed by atoms with Crippen LogP contribution in [0.3, 0.4) is 0 Å². The third-order valence-electron chi connectivity index (χ3n) is 4.29. The summed E-state index contributed by atoms with van der Waals surface area (Å²) < 4.78 is 0.962. The number of nitrogens with zero attached hydrogens (tertiary/aromatic N) is 2. The summed E-state index contributed by atoms with van der Waals surface area (Å²) in [6.07, 6.45) is 0. The van der Waals surface area contributed by atoms with Gasteiger partial charge in [0.1, 0.15) is 0 Å². The van der Waals surface area contributed by atoms with E-state index in [-0.39, 0.29) is 16.6 Å². The van der Waals surface area contributed by atoms with Gasteiger partial charge in [-0.05, 0) is 44.2 Å². The first-order valence-electron chi connectivity index (χ1n) is 8.31. The molecule has 0 atom stereocenters. The van der Waals surface area contributed by atoms with Crippen molar-refractivity contribution >= 4 is 28.4 Å². The molecule has 0 aliphatic heterocycles. The van der Waals surface area contributed by atoms with E-state index in [0.29, 0.717) is 29.6 Å². The standard InChI is InChI=1S/C19H18ClN3O3/c1-3-22(4-2)17(24)12-9-10-14(20)16(11-12)23-18(25)13-7-5-6-8-15(13)21-19(23)26/h5-11H,3-4H2,1-2H3,(H,21,26). The first kappa shape index (κ1) is 17.9. The van der Waals surface area contributed by atoms with Crippen LogP contribution in [0.2, 0.25) is 5.02 Å². The quantitative estimate of drug-likeness (QED) is 0.766. The topological polar surface area (TPSA) is 75.2 Å². The fourth-order valence-electron chi connectivity index (χ4n) is 2.89. The Kier molecular flexibility index (Phi) is 4.95. The first-order chi connectivity index (χ1) is 12.5. The van der Waals surface area contributed by atoms with E-state index < -0.39 is 11.2 Å². The van der Waals surface area contributed by atoms with E-state index in [0.717, 1.165) is 4.57 Å². The minimum absolute atomic E-state index is 0.182. The van der Waals surface area contributed by atoms with Crippen LogP contribution in [0.15, 0.2) is 52.1 Å². The van der Waals surface area contributed by atoms with E-state index in [1.807, 2.05) is 13.8 Å². The van der Waals surface area contributed by atoms with Gasteiger partial charge in [0.15, 0.2) is 0 Å². The summed E-state index contributed by atoms with van der Waals surface area (Å²) in [4.78, 5) is 42.2. The molecule has 0 bridgehead atoms. The number of hydrogen-bond donors (Lipinski definition) is 1. The number of aromatic amines is 1. The number of para-hydroxylation sites is 1. The maximum Gasteiger partial charge on any atom is 0.333 e. The Morgan fingerprint density at radius 3 is 2.50 bits per heavy atom. The lowest BCUT2D eigenvalue weighted by atomic mass is 10.1. The van der Waals surface area contributed by atoms with Gasteiger partial charge >= 0.3 is 5.69 Å². The Morgan fingerprint density at radius 1 is 1.12 bits per heavy atom. The average Bonchev–Trinajstić information content (AvgIpc) is 2.64. The maximum atomic E-state index is 12.8. The molecule has 1 heterocycles. The highest BCUT2D eigenvalue weighted by molar-refractivity contribution is 6.32. The Balaban J connectivity index is 2.24. The molecule has 3 aromatic rings. The van der Waals surface area contributed by atoms with Crippen LogP contribution in [0.4, 0.5) is 0 Å². The molecular formula is C19H18ClN3O3. The van der Waals surface area contributed by atoms with Crippen LogP contribution in [0, 0.1) is 0 Å². The highest BCUT2D eigenvalue weighted by Gasteiger charge is 2.17. The second-order valence-corrected chi connectivity index (χ2v) is 6.17. The lowest BCUT2D eigenvalue weighted by molar-refractivity contribution is 0.0773. The molecule has 1 amide bonds. The fourth-order valence-corrected chi connectivity index (χ4v) is 3.09. The van der Waals surface area contributed by atoms with Crippen LogP contribution in [0.5, 0.6) is 0 Å². The van der Waals surface area contributed by atoms with Gasteiger partial charge in [0.2, 0.25) is 0 Å². The molecular weight excluding hydrogens is 354 g/mol. The number of aromatic nitrogens is 2. The summed E-state index contributed by atoms with van der Waals surface area (Å²) in [5.74, 6) is -0.182. The number of nitrogens with one attached hydrogen (secondary N) is 1. The molecule has 0 fully saturated rings. The normalized spacial score (nSPS) is 10.9. The highest BCUT2D eigenvalue weighted by Crippen LogP contribution is 2.21. The lowest BCUT2D eigenvalue weighted by Crippen LogP contribution is -2.34. The summed E-state index contributed by atoms with van der Waals surface area (Å²) in [5.41, 5.74) is -0.0961. The molecule has 0 spiro atoms. The fraction of sp³-hybridized carbons (Fsp3) is 0.211. The summed E-state index contributed by atoms with van der Waals surface area (Å²) in [6.45, 7) is 4.89. The first-order valence-corrected chi connectivity index (χ1v) is 8.69. The van der Waals surface area contributed by atoms with Crippen molar-refractivity contribution in [2.75, 3.05) is 13.1 Å². The molecule has 0 saturated carbocycles. The van der Waals surface area contributed by atoms with E-state index in [2.05, 4.69) is 4.98 Å². The molecule has 1 aromatic heterocycles. The van der Waals surface area contributed by atoms with Gasteiger partial charge in [0.25, 0.3) is 11.5 Å². The van der Waals surface area contributed by atoms with Crippen molar-refractivity contribution in [3.63, 3.8) is 0 Å². The predicted octanol–water partition coefficient (Wildman–Crippen LogP) is 2.81. The predicted molar refractivity (Wildman–Crippen MR) is 102 cm³/mol. The van der Waals surface area contributed by atoms with Crippen LogP contribution >= 0.6 is 11.6 Å². The Hall–Kier alpha value is -2.86. The molecule has 0 radical (unpaired) electrons. The van der Waals surface area contributed by atoms with Crippen molar-refractivity contribution in [1.82, 2.24) is 14.5 Å². The van der Waals surface area contributed by atoms with E-state index in [1.54, 1.807) is 35.2 Å². The van der Waals surface area contributed by atoms with Crippen LogP contribution in [0.25, 0.3) is 16.6 Å². The van der Waals surface area contributed by atoms with Crippen LogP contribution in [-0.2, 0) is 0 Å². The van der Waals surface area contributed by atoms with Gasteiger partial charge in [0, 0.05) is 18.7 Å². The number of fused-ring (bicyclic) bond motifs is 1. The van der Waals surface area contributed by atoms with Crippen LogP contribution in [-0.4, -0.2) is 33.4 Å². The number of amides is 1. The summed E-state index contributed by atoms with van der Waals surface area (Å²) in [7, 11) is 0. The summed E-state index contributed by atoms with van der Waals surface area (Å²) in [5, 5.41) is 0.576. The van der Waals surface area contributed by atoms with Gasteiger partial charge < -0.3 is 9.88 Å². The van der Waals surface area contributed by atoms with Crippen molar-refractivity contribution < 1.29 is 4.79 Å². The third kappa shape index (κ3) is 3.04. The molecule has 134 valence electrons. The molecule has 0 saturated heterocycles. The van der Waals surface area contributed by atoms with Crippen molar-refractivity contribution in [2.24, 2.45) is 0 Å². The molecule has 7 heteroatoms. The molecule has 2 aromatic carbocycles. The SMILES string of the molecule is CCN(CC)C(=O)c1ccc(Cl)c(-n2c(=O)[nH]c3ccccc3c2=O)c1. The summed E-state index contributed by atoms with van der Waals surface area (Å²) >= 11 is 6.24. The molecule has 0 aliphatic carbocycles. The summed E-state index contributed by atoms with van der Waals surface area (Å²) in [6, 6.07) is 11.3. The van der Waals surface area contributed by atoms with Gasteiger partial charge in [0.05, 0.1) is 21.6 Å². The Bertz CT molecular complexity index is 1100. The van der Waals surface area contributed by atoms with Gasteiger partial charge in [-0.1, -0.05) is 23.7 Å². The number of rotatable bonds is 4. The monoisotopic (exact) mass is 371 g/mol.